The minimum atomic E-state index is -0.666. The first-order chi connectivity index (χ1) is 16.4. The molecular formula is C28H46Cl2N4O2. The molecule has 4 rings (SSSR count). The first-order valence-corrected chi connectivity index (χ1v) is 13.5. The van der Waals surface area contributed by atoms with Crippen LogP contribution in [0.4, 0.5) is 5.69 Å². The predicted molar refractivity (Wildman–Crippen MR) is 152 cm³/mol. The number of nitrogens with one attached hydrogen (secondary N) is 1. The summed E-state index contributed by atoms with van der Waals surface area (Å²) in [6.07, 6.45) is 10.5. The number of unbranched alkanes of at least 4 members (excludes halogenated alkanes) is 1. The van der Waals surface area contributed by atoms with Gasteiger partial charge in [-0.3, -0.25) is 14.5 Å². The molecule has 1 unspecified atom stereocenters. The van der Waals surface area contributed by atoms with Crippen LogP contribution in [0.3, 0.4) is 0 Å². The molecule has 1 atom stereocenters. The summed E-state index contributed by atoms with van der Waals surface area (Å²) < 4.78 is 0. The lowest BCUT2D eigenvalue weighted by molar-refractivity contribution is -0.162. The van der Waals surface area contributed by atoms with Crippen LogP contribution in [0.1, 0.15) is 76.7 Å². The van der Waals surface area contributed by atoms with Gasteiger partial charge in [0.05, 0.1) is 0 Å². The van der Waals surface area contributed by atoms with Crippen LogP contribution in [0.5, 0.6) is 0 Å². The fourth-order valence-electron chi connectivity index (χ4n) is 6.17. The first kappa shape index (κ1) is 30.7. The molecule has 0 radical (unpaired) electrons. The number of carbonyl (C=O) groups excluding carboxylic acids is 2. The molecule has 1 saturated carbocycles. The molecule has 1 aromatic rings. The number of piperidine rings is 1. The third-order valence-corrected chi connectivity index (χ3v) is 8.38. The Morgan fingerprint density at radius 1 is 1.00 bits per heavy atom. The summed E-state index contributed by atoms with van der Waals surface area (Å²) in [5.74, 6) is 0.844. The summed E-state index contributed by atoms with van der Waals surface area (Å²) in [6.45, 7) is 5.43. The zero-order valence-electron chi connectivity index (χ0n) is 22.3. The molecule has 0 bridgehead atoms. The van der Waals surface area contributed by atoms with Crippen LogP contribution in [0, 0.1) is 5.92 Å². The van der Waals surface area contributed by atoms with Crippen molar-refractivity contribution in [2.24, 2.45) is 5.92 Å². The zero-order valence-corrected chi connectivity index (χ0v) is 24.0. The average Bonchev–Trinajstić information content (AvgIpc) is 2.85. The number of piperazine rings is 1. The maximum absolute atomic E-state index is 13.7. The zero-order chi connectivity index (χ0) is 24.1. The Balaban J connectivity index is 0.00000228. The number of likely N-dealkylation sites (tertiary alicyclic amines) is 1. The summed E-state index contributed by atoms with van der Waals surface area (Å²) in [4.78, 5) is 33.8. The van der Waals surface area contributed by atoms with Crippen molar-refractivity contribution in [1.82, 2.24) is 15.1 Å². The Hall–Kier alpha value is -1.50. The third kappa shape index (κ3) is 6.87. The van der Waals surface area contributed by atoms with Gasteiger partial charge in [-0.25, -0.2) is 0 Å². The number of rotatable bonds is 8. The third-order valence-electron chi connectivity index (χ3n) is 8.38. The monoisotopic (exact) mass is 540 g/mol. The Bertz CT molecular complexity index is 834. The van der Waals surface area contributed by atoms with Gasteiger partial charge in [0.25, 0.3) is 0 Å². The van der Waals surface area contributed by atoms with Crippen molar-refractivity contribution in [3.63, 3.8) is 0 Å². The van der Waals surface area contributed by atoms with Crippen molar-refractivity contribution < 1.29 is 9.59 Å². The predicted octanol–water partition coefficient (Wildman–Crippen LogP) is 5.03. The molecule has 36 heavy (non-hydrogen) atoms. The molecule has 8 heteroatoms. The minimum absolute atomic E-state index is 0. The van der Waals surface area contributed by atoms with Crippen LogP contribution >= 0.6 is 24.8 Å². The standard InChI is InChI=1S/C28H44N4O2.2ClH/c1-4-5-17-32-26(33)25(20-22-9-7-6-8-10-22)29-27(34)28(32)15-18-31(19-16-28)21-23-11-13-24(14-12-23)30(2)3;;/h11-14,22,25H,4-10,15-21H2,1-3H3,(H,29,34);2*1H. The second-order valence-corrected chi connectivity index (χ2v) is 11.0. The van der Waals surface area contributed by atoms with Gasteiger partial charge in [-0.2, -0.15) is 0 Å². The van der Waals surface area contributed by atoms with E-state index in [9.17, 15) is 9.59 Å². The highest BCUT2D eigenvalue weighted by Crippen LogP contribution is 2.36. The molecule has 3 aliphatic rings. The van der Waals surface area contributed by atoms with Crippen LogP contribution in [0.15, 0.2) is 24.3 Å². The SMILES string of the molecule is CCCCN1C(=O)C(CC2CCCCC2)NC(=O)C12CCN(Cc1ccc(N(C)C)cc1)CC2.Cl.Cl. The van der Waals surface area contributed by atoms with Crippen molar-refractivity contribution in [2.75, 3.05) is 38.6 Å². The molecule has 2 saturated heterocycles. The van der Waals surface area contributed by atoms with Crippen molar-refractivity contribution in [1.29, 1.82) is 0 Å². The highest BCUT2D eigenvalue weighted by atomic mass is 35.5. The van der Waals surface area contributed by atoms with Crippen molar-refractivity contribution >= 4 is 42.3 Å². The summed E-state index contributed by atoms with van der Waals surface area (Å²) in [5.41, 5.74) is 1.83. The molecule has 6 nitrogen and oxygen atoms in total. The Morgan fingerprint density at radius 3 is 2.22 bits per heavy atom. The fraction of sp³-hybridized carbons (Fsp3) is 0.714. The van der Waals surface area contributed by atoms with Gasteiger partial charge >= 0.3 is 0 Å². The lowest BCUT2D eigenvalue weighted by atomic mass is 9.79. The van der Waals surface area contributed by atoms with Crippen molar-refractivity contribution in [2.45, 2.75) is 89.3 Å². The number of benzene rings is 1. The maximum Gasteiger partial charge on any atom is 0.246 e. The van der Waals surface area contributed by atoms with E-state index in [2.05, 4.69) is 60.4 Å². The van der Waals surface area contributed by atoms with E-state index in [1.165, 1.54) is 43.4 Å². The van der Waals surface area contributed by atoms with Gasteiger partial charge in [-0.15, -0.1) is 24.8 Å². The quantitative estimate of drug-likeness (QED) is 0.502. The Kier molecular flexibility index (Phi) is 11.8. The first-order valence-electron chi connectivity index (χ1n) is 13.5. The Morgan fingerprint density at radius 2 is 1.64 bits per heavy atom. The van der Waals surface area contributed by atoms with E-state index in [0.717, 1.165) is 51.7 Å². The van der Waals surface area contributed by atoms with Crippen LogP contribution in [0.2, 0.25) is 0 Å². The smallest absolute Gasteiger partial charge is 0.246 e. The van der Waals surface area contributed by atoms with Gasteiger partial charge in [0.15, 0.2) is 0 Å². The summed E-state index contributed by atoms with van der Waals surface area (Å²) in [5, 5.41) is 3.21. The molecule has 2 heterocycles. The lowest BCUT2D eigenvalue weighted by Crippen LogP contribution is -2.73. The number of hydrogen-bond acceptors (Lipinski definition) is 4. The summed E-state index contributed by atoms with van der Waals surface area (Å²) in [7, 11) is 4.11. The van der Waals surface area contributed by atoms with Gasteiger partial charge in [-0.05, 0) is 49.3 Å². The number of nitrogens with zero attached hydrogens (tertiary/aromatic N) is 3. The van der Waals surface area contributed by atoms with Gasteiger partial charge in [0.2, 0.25) is 11.8 Å². The van der Waals surface area contributed by atoms with E-state index in [0.29, 0.717) is 12.5 Å². The summed E-state index contributed by atoms with van der Waals surface area (Å²) >= 11 is 0. The van der Waals surface area contributed by atoms with E-state index >= 15 is 0 Å². The number of hydrogen-bond donors (Lipinski definition) is 1. The number of anilines is 1. The maximum atomic E-state index is 13.7. The minimum Gasteiger partial charge on any atom is -0.378 e. The van der Waals surface area contributed by atoms with E-state index in [1.807, 2.05) is 4.90 Å². The van der Waals surface area contributed by atoms with Gasteiger partial charge in [-0.1, -0.05) is 57.6 Å². The number of amides is 2. The molecule has 1 aromatic carbocycles. The molecule has 0 aromatic heterocycles. The molecule has 3 fully saturated rings. The highest BCUT2D eigenvalue weighted by molar-refractivity contribution is 6.00. The molecule has 1 N–H and O–H groups in total. The Labute approximate surface area is 230 Å². The van der Waals surface area contributed by atoms with E-state index < -0.39 is 5.54 Å². The molecule has 1 spiro atoms. The van der Waals surface area contributed by atoms with Crippen LogP contribution in [-0.4, -0.2) is 66.9 Å². The number of halogens is 2. The van der Waals surface area contributed by atoms with E-state index in [4.69, 9.17) is 0 Å². The van der Waals surface area contributed by atoms with Crippen molar-refractivity contribution in [3.8, 4) is 0 Å². The largest absolute Gasteiger partial charge is 0.378 e. The second-order valence-electron chi connectivity index (χ2n) is 11.0. The molecule has 1 aliphatic carbocycles. The molecule has 204 valence electrons. The topological polar surface area (TPSA) is 55.9 Å². The van der Waals surface area contributed by atoms with Crippen LogP contribution in [0.25, 0.3) is 0 Å². The lowest BCUT2D eigenvalue weighted by Gasteiger charge is -2.52. The van der Waals surface area contributed by atoms with Crippen LogP contribution in [-0.2, 0) is 16.1 Å². The van der Waals surface area contributed by atoms with Crippen LogP contribution < -0.4 is 10.2 Å². The van der Waals surface area contributed by atoms with Gasteiger partial charge in [0, 0.05) is 46.0 Å². The molecule has 2 aliphatic heterocycles. The van der Waals surface area contributed by atoms with Gasteiger partial charge < -0.3 is 15.1 Å². The van der Waals surface area contributed by atoms with Crippen molar-refractivity contribution in [3.05, 3.63) is 29.8 Å². The number of carbonyl (C=O) groups is 2. The molecule has 2 amide bonds. The normalized spacial score (nSPS) is 22.5. The van der Waals surface area contributed by atoms with Gasteiger partial charge in [0.1, 0.15) is 11.6 Å². The van der Waals surface area contributed by atoms with E-state index in [-0.39, 0.29) is 42.7 Å². The fourth-order valence-corrected chi connectivity index (χ4v) is 6.17. The molecular weight excluding hydrogens is 495 g/mol. The highest BCUT2D eigenvalue weighted by Gasteiger charge is 2.53. The second kappa shape index (κ2) is 13.9. The summed E-state index contributed by atoms with van der Waals surface area (Å²) in [6, 6.07) is 8.38. The average molecular weight is 542 g/mol. The van der Waals surface area contributed by atoms with E-state index in [1.54, 1.807) is 0 Å².